The summed E-state index contributed by atoms with van der Waals surface area (Å²) in [6.07, 6.45) is 18.2. The lowest BCUT2D eigenvalue weighted by Crippen LogP contribution is -2.78. The zero-order valence-corrected chi connectivity index (χ0v) is 17.1. The third-order valence-electron chi connectivity index (χ3n) is 7.70. The molecule has 5 aliphatic heterocycles. The molecule has 5 aliphatic rings. The Kier molecular flexibility index (Phi) is 4.88. The fourth-order valence-corrected chi connectivity index (χ4v) is 6.40. The van der Waals surface area contributed by atoms with Gasteiger partial charge in [-0.05, 0) is 57.8 Å². The molecule has 5 rings (SSSR count). The van der Waals surface area contributed by atoms with Gasteiger partial charge < -0.3 is 9.47 Å². The molecule has 27 heavy (non-hydrogen) atoms. The van der Waals surface area contributed by atoms with Crippen molar-refractivity contribution >= 4 is 0 Å². The second kappa shape index (κ2) is 7.10. The summed E-state index contributed by atoms with van der Waals surface area (Å²) in [6.45, 7) is 4.49. The molecule has 2 N–H and O–H groups in total. The van der Waals surface area contributed by atoms with Crippen LogP contribution in [0.5, 0.6) is 0 Å². The molecule has 5 nitrogen and oxygen atoms in total. The number of rotatable bonds is 2. The molecule has 0 radical (unpaired) electrons. The van der Waals surface area contributed by atoms with Gasteiger partial charge in [-0.25, -0.2) is 0 Å². The van der Waals surface area contributed by atoms with Crippen molar-refractivity contribution in [1.82, 2.24) is 15.5 Å². The van der Waals surface area contributed by atoms with E-state index in [1.54, 1.807) is 0 Å². The SMILES string of the molecule is CCC1C=CCCC2(CC3CCC4CC5(CCCC(CC)O5)NC(N2)N34)O1. The Morgan fingerprint density at radius 3 is 2.41 bits per heavy atom. The topological polar surface area (TPSA) is 45.8 Å². The first-order chi connectivity index (χ1) is 13.1. The van der Waals surface area contributed by atoms with Crippen molar-refractivity contribution in [1.29, 1.82) is 0 Å². The third-order valence-corrected chi connectivity index (χ3v) is 7.70. The number of ether oxygens (including phenoxy) is 2. The molecule has 152 valence electrons. The summed E-state index contributed by atoms with van der Waals surface area (Å²) in [4.78, 5) is 2.72. The van der Waals surface area contributed by atoms with Crippen LogP contribution in [0.1, 0.15) is 84.5 Å². The first kappa shape index (κ1) is 18.6. The van der Waals surface area contributed by atoms with Crippen LogP contribution in [-0.2, 0) is 9.47 Å². The molecule has 0 bridgehead atoms. The van der Waals surface area contributed by atoms with E-state index in [4.69, 9.17) is 9.47 Å². The molecule has 0 aromatic heterocycles. The van der Waals surface area contributed by atoms with Crippen LogP contribution in [0.4, 0.5) is 0 Å². The van der Waals surface area contributed by atoms with Gasteiger partial charge in [-0.15, -0.1) is 0 Å². The first-order valence-electron chi connectivity index (χ1n) is 11.5. The Labute approximate surface area is 164 Å². The third kappa shape index (κ3) is 3.29. The molecule has 4 fully saturated rings. The predicted octanol–water partition coefficient (Wildman–Crippen LogP) is 3.61. The standard InChI is InChI=1S/C22H37N3O2/c1-3-18-8-5-6-12-21(26-18)14-16-10-11-17-15-22(24-20(23-21)25(16)17)13-7-9-19(4-2)27-22/h5,8,16-20,23-24H,3-4,6-7,9-15H2,1-2H3. The van der Waals surface area contributed by atoms with E-state index < -0.39 is 0 Å². The van der Waals surface area contributed by atoms with Gasteiger partial charge in [0.25, 0.3) is 0 Å². The molecule has 7 unspecified atom stereocenters. The maximum atomic E-state index is 6.70. The number of allylic oxidation sites excluding steroid dienone is 1. The lowest BCUT2D eigenvalue weighted by atomic mass is 9.88. The maximum Gasteiger partial charge on any atom is 0.124 e. The molecule has 0 aromatic rings. The molecule has 0 saturated carbocycles. The van der Waals surface area contributed by atoms with Crippen molar-refractivity contribution in [2.75, 3.05) is 0 Å². The largest absolute Gasteiger partial charge is 0.357 e. The normalized spacial score (nSPS) is 50.1. The summed E-state index contributed by atoms with van der Waals surface area (Å²) in [6, 6.07) is 1.28. The van der Waals surface area contributed by atoms with Crippen LogP contribution in [0.25, 0.3) is 0 Å². The molecule has 0 amide bonds. The summed E-state index contributed by atoms with van der Waals surface area (Å²) >= 11 is 0. The Bertz CT molecular complexity index is 584. The Morgan fingerprint density at radius 2 is 1.70 bits per heavy atom. The second-order valence-corrected chi connectivity index (χ2v) is 9.49. The summed E-state index contributed by atoms with van der Waals surface area (Å²) in [5.41, 5.74) is -0.340. The molecular formula is C22H37N3O2. The molecule has 7 atom stereocenters. The van der Waals surface area contributed by atoms with Gasteiger partial charge >= 0.3 is 0 Å². The van der Waals surface area contributed by atoms with E-state index in [0.29, 0.717) is 18.2 Å². The number of hydrogen-bond donors (Lipinski definition) is 2. The van der Waals surface area contributed by atoms with Gasteiger partial charge in [0.05, 0.1) is 12.2 Å². The van der Waals surface area contributed by atoms with Crippen molar-refractivity contribution in [3.63, 3.8) is 0 Å². The van der Waals surface area contributed by atoms with Gasteiger partial charge in [-0.2, -0.15) is 0 Å². The Hall–Kier alpha value is -0.460. The fourth-order valence-electron chi connectivity index (χ4n) is 6.40. The maximum absolute atomic E-state index is 6.70. The monoisotopic (exact) mass is 375 g/mol. The Morgan fingerprint density at radius 1 is 0.963 bits per heavy atom. The van der Waals surface area contributed by atoms with E-state index >= 15 is 0 Å². The van der Waals surface area contributed by atoms with Gasteiger partial charge in [0, 0.05) is 24.9 Å². The molecule has 0 aliphatic carbocycles. The highest BCUT2D eigenvalue weighted by Gasteiger charge is 2.57. The first-order valence-corrected chi connectivity index (χ1v) is 11.5. The van der Waals surface area contributed by atoms with Crippen LogP contribution in [-0.4, -0.2) is 46.9 Å². The lowest BCUT2D eigenvalue weighted by Gasteiger charge is -2.58. The van der Waals surface area contributed by atoms with Crippen LogP contribution >= 0.6 is 0 Å². The minimum absolute atomic E-state index is 0.141. The smallest absolute Gasteiger partial charge is 0.124 e. The summed E-state index contributed by atoms with van der Waals surface area (Å²) in [5, 5.41) is 7.91. The molecule has 2 spiro atoms. The van der Waals surface area contributed by atoms with Crippen LogP contribution in [0.3, 0.4) is 0 Å². The zero-order chi connectivity index (χ0) is 18.5. The number of hydrogen-bond acceptors (Lipinski definition) is 5. The molecular weight excluding hydrogens is 338 g/mol. The summed E-state index contributed by atoms with van der Waals surface area (Å²) < 4.78 is 13.4. The quantitative estimate of drug-likeness (QED) is 0.722. The van der Waals surface area contributed by atoms with Gasteiger partial charge in [0.15, 0.2) is 0 Å². The minimum Gasteiger partial charge on any atom is -0.357 e. The second-order valence-electron chi connectivity index (χ2n) is 9.49. The summed E-state index contributed by atoms with van der Waals surface area (Å²) in [5.74, 6) is 0. The van der Waals surface area contributed by atoms with Crippen molar-refractivity contribution in [2.45, 2.75) is 127 Å². The van der Waals surface area contributed by atoms with Crippen LogP contribution in [0.15, 0.2) is 12.2 Å². The van der Waals surface area contributed by atoms with Gasteiger partial charge in [0.1, 0.15) is 17.7 Å². The van der Waals surface area contributed by atoms with E-state index in [0.717, 1.165) is 44.9 Å². The van der Waals surface area contributed by atoms with E-state index in [1.807, 2.05) is 0 Å². The van der Waals surface area contributed by atoms with Gasteiger partial charge in [-0.3, -0.25) is 15.5 Å². The van der Waals surface area contributed by atoms with Crippen LogP contribution < -0.4 is 10.6 Å². The highest BCUT2D eigenvalue weighted by Crippen LogP contribution is 2.46. The van der Waals surface area contributed by atoms with Crippen LogP contribution in [0.2, 0.25) is 0 Å². The summed E-state index contributed by atoms with van der Waals surface area (Å²) in [7, 11) is 0. The van der Waals surface area contributed by atoms with E-state index in [-0.39, 0.29) is 23.8 Å². The highest BCUT2D eigenvalue weighted by atomic mass is 16.5. The average molecular weight is 376 g/mol. The van der Waals surface area contributed by atoms with Gasteiger partial charge in [-0.1, -0.05) is 26.0 Å². The molecule has 4 saturated heterocycles. The van der Waals surface area contributed by atoms with Crippen LogP contribution in [0, 0.1) is 0 Å². The average Bonchev–Trinajstić information content (AvgIpc) is 2.95. The Balaban J connectivity index is 1.39. The number of nitrogens with one attached hydrogen (secondary N) is 2. The van der Waals surface area contributed by atoms with Crippen molar-refractivity contribution < 1.29 is 9.47 Å². The predicted molar refractivity (Wildman–Crippen MR) is 106 cm³/mol. The molecule has 0 aromatic carbocycles. The van der Waals surface area contributed by atoms with Crippen molar-refractivity contribution in [3.8, 4) is 0 Å². The van der Waals surface area contributed by atoms with E-state index in [2.05, 4.69) is 41.5 Å². The minimum atomic E-state index is -0.199. The van der Waals surface area contributed by atoms with E-state index in [1.165, 1.54) is 25.7 Å². The number of nitrogens with zero attached hydrogens (tertiary/aromatic N) is 1. The molecule has 5 heterocycles. The lowest BCUT2D eigenvalue weighted by molar-refractivity contribution is -0.232. The molecule has 5 heteroatoms. The zero-order valence-electron chi connectivity index (χ0n) is 17.1. The highest BCUT2D eigenvalue weighted by molar-refractivity contribution is 5.09. The van der Waals surface area contributed by atoms with Crippen molar-refractivity contribution in [2.24, 2.45) is 0 Å². The van der Waals surface area contributed by atoms with Gasteiger partial charge in [0.2, 0.25) is 0 Å². The fraction of sp³-hybridized carbons (Fsp3) is 0.909. The van der Waals surface area contributed by atoms with Crippen molar-refractivity contribution in [3.05, 3.63) is 12.2 Å². The van der Waals surface area contributed by atoms with E-state index in [9.17, 15) is 0 Å².